The monoisotopic (exact) mass is 317 g/mol. The average Bonchev–Trinajstić information content (AvgIpc) is 2.56. The van der Waals surface area contributed by atoms with Gasteiger partial charge in [-0.1, -0.05) is 12.1 Å². The zero-order valence-electron chi connectivity index (χ0n) is 12.7. The van der Waals surface area contributed by atoms with Crippen LogP contribution in [0.15, 0.2) is 53.4 Å². The molecule has 0 aliphatic carbocycles. The number of carbonyl (C=O) groups is 1. The number of nitrogens with one attached hydrogen (secondary N) is 1. The maximum Gasteiger partial charge on any atom is 0.256 e. The minimum absolute atomic E-state index is 0.120. The van der Waals surface area contributed by atoms with Gasteiger partial charge in [0.25, 0.3) is 5.91 Å². The van der Waals surface area contributed by atoms with Gasteiger partial charge < -0.3 is 14.8 Å². The molecule has 116 valence electrons. The summed E-state index contributed by atoms with van der Waals surface area (Å²) in [5.74, 6) is 1.45. The smallest absolute Gasteiger partial charge is 0.256 e. The van der Waals surface area contributed by atoms with Crippen LogP contribution >= 0.6 is 11.8 Å². The molecule has 0 saturated carbocycles. The third-order valence-electron chi connectivity index (χ3n) is 3.02. The van der Waals surface area contributed by atoms with Crippen molar-refractivity contribution < 1.29 is 14.3 Å². The molecule has 0 aromatic heterocycles. The SMILES string of the molecule is COCCSc1ccccc1C(=O)Nc1ccc(OC)cc1. The number of carbonyl (C=O) groups excluding carboxylic acids is 1. The molecule has 0 spiro atoms. The van der Waals surface area contributed by atoms with E-state index in [9.17, 15) is 4.79 Å². The lowest BCUT2D eigenvalue weighted by Crippen LogP contribution is -2.13. The molecule has 0 fully saturated rings. The van der Waals surface area contributed by atoms with Crippen molar-refractivity contribution in [3.05, 3.63) is 54.1 Å². The molecule has 2 rings (SSSR count). The Balaban J connectivity index is 2.07. The fraction of sp³-hybridized carbons (Fsp3) is 0.235. The van der Waals surface area contributed by atoms with E-state index in [-0.39, 0.29) is 5.91 Å². The average molecular weight is 317 g/mol. The van der Waals surface area contributed by atoms with Gasteiger partial charge in [0.05, 0.1) is 19.3 Å². The number of ether oxygens (including phenoxy) is 2. The Morgan fingerprint density at radius 3 is 2.50 bits per heavy atom. The Morgan fingerprint density at radius 1 is 1.09 bits per heavy atom. The maximum atomic E-state index is 12.4. The molecular weight excluding hydrogens is 298 g/mol. The molecule has 0 heterocycles. The summed E-state index contributed by atoms with van der Waals surface area (Å²) in [6, 6.07) is 14.8. The van der Waals surface area contributed by atoms with Crippen molar-refractivity contribution in [3.8, 4) is 5.75 Å². The highest BCUT2D eigenvalue weighted by molar-refractivity contribution is 7.99. The highest BCUT2D eigenvalue weighted by atomic mass is 32.2. The lowest BCUT2D eigenvalue weighted by molar-refractivity contribution is 0.102. The molecule has 0 bridgehead atoms. The second-order valence-corrected chi connectivity index (χ2v) is 5.66. The maximum absolute atomic E-state index is 12.4. The van der Waals surface area contributed by atoms with Gasteiger partial charge in [0.15, 0.2) is 0 Å². The molecule has 0 saturated heterocycles. The fourth-order valence-electron chi connectivity index (χ4n) is 1.89. The number of hydrogen-bond acceptors (Lipinski definition) is 4. The summed E-state index contributed by atoms with van der Waals surface area (Å²) in [5.41, 5.74) is 1.40. The van der Waals surface area contributed by atoms with Crippen LogP contribution in [0.5, 0.6) is 5.75 Å². The molecule has 0 aliphatic rings. The van der Waals surface area contributed by atoms with Gasteiger partial charge in [-0.2, -0.15) is 0 Å². The van der Waals surface area contributed by atoms with E-state index in [1.807, 2.05) is 48.5 Å². The minimum atomic E-state index is -0.120. The van der Waals surface area contributed by atoms with Crippen LogP contribution in [-0.4, -0.2) is 32.5 Å². The van der Waals surface area contributed by atoms with E-state index in [2.05, 4.69) is 5.32 Å². The predicted molar refractivity (Wildman–Crippen MR) is 90.0 cm³/mol. The first kappa shape index (κ1) is 16.4. The van der Waals surface area contributed by atoms with Gasteiger partial charge in [-0.05, 0) is 36.4 Å². The number of benzene rings is 2. The Bertz CT molecular complexity index is 614. The normalized spacial score (nSPS) is 10.3. The standard InChI is InChI=1S/C17H19NO3S/c1-20-11-12-22-16-6-4-3-5-15(16)17(19)18-13-7-9-14(21-2)10-8-13/h3-10H,11-12H2,1-2H3,(H,18,19). The van der Waals surface area contributed by atoms with Crippen molar-refractivity contribution in [2.45, 2.75) is 4.90 Å². The summed E-state index contributed by atoms with van der Waals surface area (Å²) < 4.78 is 10.2. The Morgan fingerprint density at radius 2 is 1.82 bits per heavy atom. The first-order valence-electron chi connectivity index (χ1n) is 6.90. The van der Waals surface area contributed by atoms with Gasteiger partial charge >= 0.3 is 0 Å². The quantitative estimate of drug-likeness (QED) is 0.625. The van der Waals surface area contributed by atoms with Gasteiger partial charge in [0.1, 0.15) is 5.75 Å². The van der Waals surface area contributed by atoms with Crippen LogP contribution in [0.4, 0.5) is 5.69 Å². The zero-order valence-corrected chi connectivity index (χ0v) is 13.5. The number of thioether (sulfide) groups is 1. The molecular formula is C17H19NO3S. The summed E-state index contributed by atoms with van der Waals surface area (Å²) in [6.07, 6.45) is 0. The molecule has 5 heteroatoms. The van der Waals surface area contributed by atoms with Crippen LogP contribution in [-0.2, 0) is 4.74 Å². The molecule has 4 nitrogen and oxygen atoms in total. The van der Waals surface area contributed by atoms with E-state index < -0.39 is 0 Å². The van der Waals surface area contributed by atoms with Gasteiger partial charge in [-0.3, -0.25) is 4.79 Å². The lowest BCUT2D eigenvalue weighted by Gasteiger charge is -2.10. The molecule has 2 aromatic rings. The first-order chi connectivity index (χ1) is 10.7. The van der Waals surface area contributed by atoms with Gasteiger partial charge in [0.2, 0.25) is 0 Å². The zero-order chi connectivity index (χ0) is 15.8. The Kier molecular flexibility index (Phi) is 6.30. The van der Waals surface area contributed by atoms with Crippen molar-refractivity contribution in [1.29, 1.82) is 0 Å². The van der Waals surface area contributed by atoms with Crippen molar-refractivity contribution in [3.63, 3.8) is 0 Å². The highest BCUT2D eigenvalue weighted by Gasteiger charge is 2.11. The Labute approximate surface area is 134 Å². The highest BCUT2D eigenvalue weighted by Crippen LogP contribution is 2.24. The third-order valence-corrected chi connectivity index (χ3v) is 4.06. The molecule has 0 radical (unpaired) electrons. The van der Waals surface area contributed by atoms with Gasteiger partial charge in [-0.25, -0.2) is 0 Å². The van der Waals surface area contributed by atoms with E-state index >= 15 is 0 Å². The van der Waals surface area contributed by atoms with Crippen molar-refractivity contribution >= 4 is 23.4 Å². The number of hydrogen-bond donors (Lipinski definition) is 1. The van der Waals surface area contributed by atoms with E-state index in [1.54, 1.807) is 26.0 Å². The van der Waals surface area contributed by atoms with Crippen LogP contribution in [0.2, 0.25) is 0 Å². The molecule has 22 heavy (non-hydrogen) atoms. The van der Waals surface area contributed by atoms with E-state index in [4.69, 9.17) is 9.47 Å². The molecule has 2 aromatic carbocycles. The van der Waals surface area contributed by atoms with E-state index in [0.29, 0.717) is 12.2 Å². The molecule has 0 unspecified atom stereocenters. The van der Waals surface area contributed by atoms with Crippen LogP contribution in [0.1, 0.15) is 10.4 Å². The summed E-state index contributed by atoms with van der Waals surface area (Å²) in [5, 5.41) is 2.90. The predicted octanol–water partition coefficient (Wildman–Crippen LogP) is 3.69. The molecule has 0 aliphatic heterocycles. The molecule has 1 amide bonds. The molecule has 0 atom stereocenters. The van der Waals surface area contributed by atoms with Crippen LogP contribution < -0.4 is 10.1 Å². The second-order valence-electron chi connectivity index (χ2n) is 4.52. The van der Waals surface area contributed by atoms with Crippen LogP contribution in [0.25, 0.3) is 0 Å². The number of anilines is 1. The minimum Gasteiger partial charge on any atom is -0.497 e. The van der Waals surface area contributed by atoms with Gasteiger partial charge in [0, 0.05) is 23.4 Å². The molecule has 1 N–H and O–H groups in total. The van der Waals surface area contributed by atoms with E-state index in [0.717, 1.165) is 22.1 Å². The topological polar surface area (TPSA) is 47.6 Å². The lowest BCUT2D eigenvalue weighted by atomic mass is 10.2. The van der Waals surface area contributed by atoms with Gasteiger partial charge in [-0.15, -0.1) is 11.8 Å². The summed E-state index contributed by atoms with van der Waals surface area (Å²) in [7, 11) is 3.28. The number of rotatable bonds is 7. The van der Waals surface area contributed by atoms with Crippen molar-refractivity contribution in [2.75, 3.05) is 31.9 Å². The van der Waals surface area contributed by atoms with Crippen molar-refractivity contribution in [2.24, 2.45) is 0 Å². The largest absolute Gasteiger partial charge is 0.497 e. The van der Waals surface area contributed by atoms with Crippen LogP contribution in [0.3, 0.4) is 0 Å². The first-order valence-corrected chi connectivity index (χ1v) is 7.89. The third kappa shape index (κ3) is 4.51. The summed E-state index contributed by atoms with van der Waals surface area (Å²) >= 11 is 1.61. The number of amides is 1. The fourth-order valence-corrected chi connectivity index (χ4v) is 2.85. The van der Waals surface area contributed by atoms with Crippen molar-refractivity contribution in [1.82, 2.24) is 0 Å². The Hall–Kier alpha value is -1.98. The number of methoxy groups -OCH3 is 2. The van der Waals surface area contributed by atoms with Crippen LogP contribution in [0, 0.1) is 0 Å². The van der Waals surface area contributed by atoms with E-state index in [1.165, 1.54) is 0 Å². The summed E-state index contributed by atoms with van der Waals surface area (Å²) in [6.45, 7) is 0.652. The second kappa shape index (κ2) is 8.46. The summed E-state index contributed by atoms with van der Waals surface area (Å²) in [4.78, 5) is 13.4.